The van der Waals surface area contributed by atoms with Gasteiger partial charge in [0.2, 0.25) is 0 Å². The number of carboxylic acid groups (broad SMARTS) is 1. The van der Waals surface area contributed by atoms with Crippen molar-refractivity contribution >= 4 is 12.1 Å². The predicted molar refractivity (Wildman–Crippen MR) is 64.9 cm³/mol. The van der Waals surface area contributed by atoms with Crippen molar-refractivity contribution in [3.05, 3.63) is 0 Å². The number of carbonyl (C=O) groups is 2. The molecule has 0 saturated heterocycles. The van der Waals surface area contributed by atoms with Crippen LogP contribution in [0.3, 0.4) is 0 Å². The standard InChI is InChI=1S/C10H19NO2.C2H4O2/c1-10(2,3)13-9(12)11-8-6-4-5-7-8;1-2(3)4/h8H,4-7H2,1-3H3,(H,11,12);1H3,(H,3,4). The molecule has 100 valence electrons. The van der Waals surface area contributed by atoms with E-state index in [1.807, 2.05) is 20.8 Å². The summed E-state index contributed by atoms with van der Waals surface area (Å²) < 4.78 is 5.15. The first-order chi connectivity index (χ1) is 7.70. The quantitative estimate of drug-likeness (QED) is 0.744. The number of carboxylic acids is 1. The Morgan fingerprint density at radius 1 is 1.24 bits per heavy atom. The van der Waals surface area contributed by atoms with E-state index in [0.717, 1.165) is 19.8 Å². The summed E-state index contributed by atoms with van der Waals surface area (Å²) in [6.07, 6.45) is 4.36. The van der Waals surface area contributed by atoms with Gasteiger partial charge in [0.25, 0.3) is 5.97 Å². The van der Waals surface area contributed by atoms with Crippen molar-refractivity contribution in [3.63, 3.8) is 0 Å². The third-order valence-corrected chi connectivity index (χ3v) is 2.08. The topological polar surface area (TPSA) is 75.6 Å². The minimum atomic E-state index is -0.833. The molecule has 0 heterocycles. The first-order valence-electron chi connectivity index (χ1n) is 5.90. The molecular formula is C12H23NO4. The largest absolute Gasteiger partial charge is 0.481 e. The number of ether oxygens (including phenoxy) is 1. The number of aliphatic carboxylic acids is 1. The van der Waals surface area contributed by atoms with Gasteiger partial charge in [-0.25, -0.2) is 4.79 Å². The number of rotatable bonds is 1. The maximum Gasteiger partial charge on any atom is 0.407 e. The van der Waals surface area contributed by atoms with Gasteiger partial charge in [-0.15, -0.1) is 0 Å². The number of nitrogens with one attached hydrogen (secondary N) is 1. The second kappa shape index (κ2) is 7.14. The Hall–Kier alpha value is -1.26. The molecule has 0 aliphatic heterocycles. The van der Waals surface area contributed by atoms with E-state index in [1.54, 1.807) is 0 Å². The molecule has 2 N–H and O–H groups in total. The van der Waals surface area contributed by atoms with Gasteiger partial charge in [0.1, 0.15) is 5.60 Å². The van der Waals surface area contributed by atoms with Gasteiger partial charge >= 0.3 is 6.09 Å². The molecule has 5 heteroatoms. The lowest BCUT2D eigenvalue weighted by molar-refractivity contribution is -0.134. The molecule has 0 aromatic rings. The van der Waals surface area contributed by atoms with Crippen LogP contribution < -0.4 is 5.32 Å². The average molecular weight is 245 g/mol. The van der Waals surface area contributed by atoms with E-state index in [4.69, 9.17) is 14.6 Å². The van der Waals surface area contributed by atoms with Gasteiger partial charge in [-0.1, -0.05) is 12.8 Å². The Morgan fingerprint density at radius 3 is 2.00 bits per heavy atom. The first-order valence-corrected chi connectivity index (χ1v) is 5.90. The van der Waals surface area contributed by atoms with Crippen molar-refractivity contribution in [2.24, 2.45) is 0 Å². The maximum atomic E-state index is 11.3. The van der Waals surface area contributed by atoms with E-state index >= 15 is 0 Å². The molecule has 1 aliphatic rings. The zero-order valence-electron chi connectivity index (χ0n) is 11.1. The van der Waals surface area contributed by atoms with E-state index in [-0.39, 0.29) is 11.7 Å². The zero-order valence-corrected chi connectivity index (χ0v) is 11.1. The summed E-state index contributed by atoms with van der Waals surface area (Å²) in [5, 5.41) is 10.3. The van der Waals surface area contributed by atoms with Crippen LogP contribution in [0.1, 0.15) is 53.4 Å². The minimum Gasteiger partial charge on any atom is -0.481 e. The van der Waals surface area contributed by atoms with E-state index in [9.17, 15) is 4.79 Å². The highest BCUT2D eigenvalue weighted by atomic mass is 16.6. The molecule has 1 aliphatic carbocycles. The van der Waals surface area contributed by atoms with Gasteiger partial charge < -0.3 is 15.2 Å². The Kier molecular flexibility index (Phi) is 6.61. The van der Waals surface area contributed by atoms with E-state index in [0.29, 0.717) is 6.04 Å². The van der Waals surface area contributed by atoms with Crippen molar-refractivity contribution in [2.45, 2.75) is 65.0 Å². The van der Waals surface area contributed by atoms with Crippen LogP contribution in [-0.4, -0.2) is 28.8 Å². The van der Waals surface area contributed by atoms with Gasteiger partial charge in [0, 0.05) is 13.0 Å². The van der Waals surface area contributed by atoms with Crippen LogP contribution in [-0.2, 0) is 9.53 Å². The summed E-state index contributed by atoms with van der Waals surface area (Å²) in [7, 11) is 0. The molecule has 0 bridgehead atoms. The fraction of sp³-hybridized carbons (Fsp3) is 0.833. The van der Waals surface area contributed by atoms with Crippen molar-refractivity contribution in [3.8, 4) is 0 Å². The van der Waals surface area contributed by atoms with Crippen molar-refractivity contribution in [1.29, 1.82) is 0 Å². The molecule has 0 unspecified atom stereocenters. The molecule has 0 aromatic carbocycles. The molecule has 0 radical (unpaired) electrons. The Labute approximate surface area is 103 Å². The van der Waals surface area contributed by atoms with Gasteiger partial charge in [0.15, 0.2) is 0 Å². The molecule has 1 saturated carbocycles. The second-order valence-electron chi connectivity index (χ2n) is 5.15. The van der Waals surface area contributed by atoms with Crippen molar-refractivity contribution in [2.75, 3.05) is 0 Å². The highest BCUT2D eigenvalue weighted by Gasteiger charge is 2.21. The lowest BCUT2D eigenvalue weighted by atomic mass is 10.2. The lowest BCUT2D eigenvalue weighted by Crippen LogP contribution is -2.37. The fourth-order valence-corrected chi connectivity index (χ4v) is 1.54. The minimum absolute atomic E-state index is 0.278. The molecule has 1 fully saturated rings. The second-order valence-corrected chi connectivity index (χ2v) is 5.15. The van der Waals surface area contributed by atoms with E-state index in [1.165, 1.54) is 12.8 Å². The Balaban J connectivity index is 0.000000557. The van der Waals surface area contributed by atoms with Crippen LogP contribution in [0.25, 0.3) is 0 Å². The summed E-state index contributed by atoms with van der Waals surface area (Å²) >= 11 is 0. The Bertz CT molecular complexity index is 248. The van der Waals surface area contributed by atoms with Crippen LogP contribution in [0.15, 0.2) is 0 Å². The number of hydrogen-bond donors (Lipinski definition) is 2. The van der Waals surface area contributed by atoms with Crippen LogP contribution in [0.4, 0.5) is 4.79 Å². The molecular weight excluding hydrogens is 222 g/mol. The predicted octanol–water partition coefficient (Wildman–Crippen LogP) is 2.54. The third-order valence-electron chi connectivity index (χ3n) is 2.08. The molecule has 0 spiro atoms. The van der Waals surface area contributed by atoms with Crippen LogP contribution in [0.5, 0.6) is 0 Å². The average Bonchev–Trinajstić information content (AvgIpc) is 2.50. The molecule has 17 heavy (non-hydrogen) atoms. The van der Waals surface area contributed by atoms with Crippen LogP contribution in [0, 0.1) is 0 Å². The summed E-state index contributed by atoms with van der Waals surface area (Å²) in [6, 6.07) is 0.342. The highest BCUT2D eigenvalue weighted by molar-refractivity contribution is 5.68. The van der Waals surface area contributed by atoms with Gasteiger partial charge in [0.05, 0.1) is 0 Å². The molecule has 1 amide bonds. The Morgan fingerprint density at radius 2 is 1.65 bits per heavy atom. The first kappa shape index (κ1) is 15.7. The van der Waals surface area contributed by atoms with Crippen molar-refractivity contribution < 1.29 is 19.4 Å². The number of alkyl carbamates (subject to hydrolysis) is 1. The summed E-state index contributed by atoms with van der Waals surface area (Å²) in [6.45, 7) is 6.71. The zero-order chi connectivity index (χ0) is 13.5. The van der Waals surface area contributed by atoms with Gasteiger partial charge in [-0.3, -0.25) is 4.79 Å². The monoisotopic (exact) mass is 245 g/mol. The third kappa shape index (κ3) is 11.0. The summed E-state index contributed by atoms with van der Waals surface area (Å²) in [4.78, 5) is 20.3. The molecule has 1 rings (SSSR count). The van der Waals surface area contributed by atoms with Crippen molar-refractivity contribution in [1.82, 2.24) is 5.32 Å². The highest BCUT2D eigenvalue weighted by Crippen LogP contribution is 2.18. The van der Waals surface area contributed by atoms with Gasteiger partial charge in [-0.05, 0) is 33.6 Å². The number of amides is 1. The number of hydrogen-bond acceptors (Lipinski definition) is 3. The lowest BCUT2D eigenvalue weighted by Gasteiger charge is -2.21. The molecule has 0 aromatic heterocycles. The normalized spacial score (nSPS) is 15.8. The number of carbonyl (C=O) groups excluding carboxylic acids is 1. The van der Waals surface area contributed by atoms with Crippen LogP contribution >= 0.6 is 0 Å². The van der Waals surface area contributed by atoms with Gasteiger partial charge in [-0.2, -0.15) is 0 Å². The molecule has 0 atom stereocenters. The summed E-state index contributed by atoms with van der Waals surface area (Å²) in [5.41, 5.74) is -0.386. The fourth-order valence-electron chi connectivity index (χ4n) is 1.54. The molecule has 5 nitrogen and oxygen atoms in total. The summed E-state index contributed by atoms with van der Waals surface area (Å²) in [5.74, 6) is -0.833. The van der Waals surface area contributed by atoms with Crippen LogP contribution in [0.2, 0.25) is 0 Å². The van der Waals surface area contributed by atoms with E-state index in [2.05, 4.69) is 5.32 Å². The smallest absolute Gasteiger partial charge is 0.407 e. The van der Waals surface area contributed by atoms with E-state index < -0.39 is 5.97 Å². The SMILES string of the molecule is CC(=O)O.CC(C)(C)OC(=O)NC1CCCC1. The maximum absolute atomic E-state index is 11.3.